The van der Waals surface area contributed by atoms with Crippen LogP contribution in [0, 0.1) is 16.0 Å². The zero-order valence-electron chi connectivity index (χ0n) is 19.5. The standard InChI is InChI=1S/C21H30N4O7S/c1-12(2)17(24-20(29)32-21(4,5)6)19(28)23-13(3)18(27)22-11-16(26)33-15-9-7-14(8-10-15)25(30)31/h7-10,12-13,17H,11H2,1-6H3,(H,22,27)(H,23,28)(H,24,29)/t13-,17-/m0/s1. The number of hydrogen-bond donors (Lipinski definition) is 3. The molecule has 0 saturated heterocycles. The third-order valence-corrected chi connectivity index (χ3v) is 4.94. The zero-order chi connectivity index (χ0) is 25.3. The summed E-state index contributed by atoms with van der Waals surface area (Å²) >= 11 is 0.827. The van der Waals surface area contributed by atoms with Gasteiger partial charge in [-0.15, -0.1) is 0 Å². The predicted molar refractivity (Wildman–Crippen MR) is 123 cm³/mol. The van der Waals surface area contributed by atoms with Crippen LogP contribution in [0.4, 0.5) is 10.5 Å². The van der Waals surface area contributed by atoms with Crippen molar-refractivity contribution in [2.24, 2.45) is 5.92 Å². The van der Waals surface area contributed by atoms with Crippen LogP contribution in [0.2, 0.25) is 0 Å². The molecule has 0 spiro atoms. The van der Waals surface area contributed by atoms with Gasteiger partial charge in [0.1, 0.15) is 17.7 Å². The lowest BCUT2D eigenvalue weighted by Gasteiger charge is -2.26. The Hall–Kier alpha value is -3.15. The van der Waals surface area contributed by atoms with Crippen LogP contribution in [-0.4, -0.2) is 52.2 Å². The second-order valence-corrected chi connectivity index (χ2v) is 9.67. The smallest absolute Gasteiger partial charge is 0.408 e. The van der Waals surface area contributed by atoms with E-state index in [1.165, 1.54) is 31.2 Å². The monoisotopic (exact) mass is 482 g/mol. The number of nitrogens with zero attached hydrogens (tertiary/aromatic N) is 1. The minimum absolute atomic E-state index is 0.0921. The highest BCUT2D eigenvalue weighted by atomic mass is 32.2. The van der Waals surface area contributed by atoms with Crippen LogP contribution in [-0.2, 0) is 19.1 Å². The molecule has 33 heavy (non-hydrogen) atoms. The summed E-state index contributed by atoms with van der Waals surface area (Å²) in [7, 11) is 0. The Morgan fingerprint density at radius 2 is 1.61 bits per heavy atom. The lowest BCUT2D eigenvalue weighted by atomic mass is 10.0. The molecule has 12 heteroatoms. The molecule has 0 bridgehead atoms. The number of thioether (sulfide) groups is 1. The molecule has 0 aliphatic carbocycles. The predicted octanol–water partition coefficient (Wildman–Crippen LogP) is 2.38. The maximum Gasteiger partial charge on any atom is 0.408 e. The molecule has 3 amide bonds. The molecular formula is C21H30N4O7S. The molecule has 0 unspecified atom stereocenters. The number of carbonyl (C=O) groups is 4. The third-order valence-electron chi connectivity index (χ3n) is 4.06. The van der Waals surface area contributed by atoms with E-state index < -0.39 is 40.5 Å². The average molecular weight is 483 g/mol. The highest BCUT2D eigenvalue weighted by Crippen LogP contribution is 2.21. The van der Waals surface area contributed by atoms with Gasteiger partial charge in [0, 0.05) is 17.0 Å². The topological polar surface area (TPSA) is 157 Å². The normalized spacial score (nSPS) is 12.9. The van der Waals surface area contributed by atoms with Gasteiger partial charge in [0.05, 0.1) is 11.5 Å². The highest BCUT2D eigenvalue weighted by Gasteiger charge is 2.29. The number of hydrogen-bond acceptors (Lipinski definition) is 8. The number of nitrogens with one attached hydrogen (secondary N) is 3. The Balaban J connectivity index is 2.56. The van der Waals surface area contributed by atoms with Crippen LogP contribution in [0.25, 0.3) is 0 Å². The lowest BCUT2D eigenvalue weighted by molar-refractivity contribution is -0.384. The van der Waals surface area contributed by atoms with Crippen molar-refractivity contribution in [3.05, 3.63) is 34.4 Å². The summed E-state index contributed by atoms with van der Waals surface area (Å²) in [5.74, 6) is -1.42. The molecule has 0 aliphatic heterocycles. The molecule has 1 rings (SSSR count). The Kier molecular flexibility index (Phi) is 10.3. The van der Waals surface area contributed by atoms with Crippen LogP contribution < -0.4 is 16.0 Å². The van der Waals surface area contributed by atoms with E-state index in [1.54, 1.807) is 34.6 Å². The maximum absolute atomic E-state index is 12.6. The first-order chi connectivity index (χ1) is 15.2. The Bertz CT molecular complexity index is 882. The van der Waals surface area contributed by atoms with E-state index in [2.05, 4.69) is 16.0 Å². The first-order valence-electron chi connectivity index (χ1n) is 10.2. The lowest BCUT2D eigenvalue weighted by Crippen LogP contribution is -2.55. The van der Waals surface area contributed by atoms with E-state index in [0.29, 0.717) is 4.90 Å². The minimum Gasteiger partial charge on any atom is -0.444 e. The molecule has 0 radical (unpaired) electrons. The molecule has 1 aromatic carbocycles. The fraction of sp³-hybridized carbons (Fsp3) is 0.524. The number of alkyl carbamates (subject to hydrolysis) is 1. The molecular weight excluding hydrogens is 452 g/mol. The van der Waals surface area contributed by atoms with Crippen LogP contribution in [0.5, 0.6) is 0 Å². The number of nitro groups is 1. The number of benzene rings is 1. The summed E-state index contributed by atoms with van der Waals surface area (Å²) in [6.45, 7) is 9.72. The molecule has 0 aliphatic rings. The van der Waals surface area contributed by atoms with E-state index in [4.69, 9.17) is 4.74 Å². The fourth-order valence-electron chi connectivity index (χ4n) is 2.45. The van der Waals surface area contributed by atoms with Crippen molar-refractivity contribution in [1.29, 1.82) is 0 Å². The molecule has 1 aromatic rings. The Morgan fingerprint density at radius 3 is 2.09 bits per heavy atom. The van der Waals surface area contributed by atoms with E-state index in [1.807, 2.05) is 0 Å². The van der Waals surface area contributed by atoms with Crippen molar-refractivity contribution >= 4 is 40.5 Å². The average Bonchev–Trinajstić information content (AvgIpc) is 2.68. The molecule has 0 heterocycles. The van der Waals surface area contributed by atoms with Crippen molar-refractivity contribution in [3.8, 4) is 0 Å². The van der Waals surface area contributed by atoms with E-state index in [0.717, 1.165) is 11.8 Å². The third kappa shape index (κ3) is 10.3. The molecule has 0 fully saturated rings. The molecule has 2 atom stereocenters. The molecule has 0 aromatic heterocycles. The van der Waals surface area contributed by atoms with Gasteiger partial charge in [0.2, 0.25) is 16.9 Å². The van der Waals surface area contributed by atoms with Crippen molar-refractivity contribution in [2.45, 2.75) is 64.1 Å². The number of carbonyl (C=O) groups excluding carboxylic acids is 4. The first kappa shape index (κ1) is 27.9. The van der Waals surface area contributed by atoms with Gasteiger partial charge in [-0.25, -0.2) is 4.79 Å². The molecule has 182 valence electrons. The van der Waals surface area contributed by atoms with Crippen molar-refractivity contribution in [2.75, 3.05) is 6.54 Å². The van der Waals surface area contributed by atoms with Gasteiger partial charge < -0.3 is 20.7 Å². The number of nitro benzene ring substituents is 1. The Labute approximate surface area is 196 Å². The molecule has 11 nitrogen and oxygen atoms in total. The summed E-state index contributed by atoms with van der Waals surface area (Å²) in [5.41, 5.74) is -0.820. The van der Waals surface area contributed by atoms with Crippen molar-refractivity contribution in [3.63, 3.8) is 0 Å². The highest BCUT2D eigenvalue weighted by molar-refractivity contribution is 8.13. The van der Waals surface area contributed by atoms with Gasteiger partial charge in [0.15, 0.2) is 0 Å². The first-order valence-corrected chi connectivity index (χ1v) is 11.0. The second kappa shape index (κ2) is 12.2. The summed E-state index contributed by atoms with van der Waals surface area (Å²) in [4.78, 5) is 59.6. The summed E-state index contributed by atoms with van der Waals surface area (Å²) < 4.78 is 5.17. The number of ether oxygens (including phenoxy) is 1. The zero-order valence-corrected chi connectivity index (χ0v) is 20.3. The van der Waals surface area contributed by atoms with Gasteiger partial charge in [-0.1, -0.05) is 25.6 Å². The van der Waals surface area contributed by atoms with Crippen molar-refractivity contribution in [1.82, 2.24) is 16.0 Å². The van der Waals surface area contributed by atoms with Gasteiger partial charge in [0.25, 0.3) is 5.69 Å². The summed E-state index contributed by atoms with van der Waals surface area (Å²) in [6, 6.07) is 3.56. The molecule has 0 saturated carbocycles. The number of rotatable bonds is 9. The van der Waals surface area contributed by atoms with Gasteiger partial charge in [-0.3, -0.25) is 24.5 Å². The van der Waals surface area contributed by atoms with Crippen LogP contribution in [0.3, 0.4) is 0 Å². The maximum atomic E-state index is 12.6. The Morgan fingerprint density at radius 1 is 1.03 bits per heavy atom. The summed E-state index contributed by atoms with van der Waals surface area (Å²) in [6.07, 6.45) is -0.748. The molecule has 3 N–H and O–H groups in total. The summed E-state index contributed by atoms with van der Waals surface area (Å²) in [5, 5.41) is 17.7. The van der Waals surface area contributed by atoms with Crippen molar-refractivity contribution < 1.29 is 28.8 Å². The number of non-ortho nitro benzene ring substituents is 1. The van der Waals surface area contributed by atoms with Crippen LogP contribution in [0.1, 0.15) is 41.5 Å². The van der Waals surface area contributed by atoms with Crippen LogP contribution >= 0.6 is 11.8 Å². The van der Waals surface area contributed by atoms with Crippen LogP contribution in [0.15, 0.2) is 29.2 Å². The van der Waals surface area contributed by atoms with Gasteiger partial charge in [-0.05, 0) is 45.7 Å². The van der Waals surface area contributed by atoms with E-state index >= 15 is 0 Å². The fourth-order valence-corrected chi connectivity index (χ4v) is 3.13. The SMILES string of the molecule is CC(C)[C@H](NC(=O)OC(C)(C)C)C(=O)N[C@@H](C)C(=O)NCC(=O)Sc1ccc([N+](=O)[O-])cc1. The largest absolute Gasteiger partial charge is 0.444 e. The van der Waals surface area contributed by atoms with E-state index in [-0.39, 0.29) is 23.3 Å². The van der Waals surface area contributed by atoms with Gasteiger partial charge >= 0.3 is 6.09 Å². The second-order valence-electron chi connectivity index (χ2n) is 8.54. The number of amides is 3. The minimum atomic E-state index is -0.962. The van der Waals surface area contributed by atoms with E-state index in [9.17, 15) is 29.3 Å². The van der Waals surface area contributed by atoms with Gasteiger partial charge in [-0.2, -0.15) is 0 Å². The quantitative estimate of drug-likeness (QED) is 0.275.